The Morgan fingerprint density at radius 1 is 1.10 bits per heavy atom. The van der Waals surface area contributed by atoms with Crippen molar-refractivity contribution < 1.29 is 4.39 Å². The average Bonchev–Trinajstić information content (AvgIpc) is 3.19. The number of hydrogen-bond donors (Lipinski definition) is 1. The van der Waals surface area contributed by atoms with Crippen molar-refractivity contribution in [3.8, 4) is 11.1 Å². The molecule has 3 rings (SSSR count). The lowest BCUT2D eigenvalue weighted by atomic mass is 9.98. The van der Waals surface area contributed by atoms with Crippen LogP contribution in [0.15, 0.2) is 42.5 Å². The largest absolute Gasteiger partial charge is 0.310 e. The Labute approximate surface area is 129 Å². The molecule has 20 heavy (non-hydrogen) atoms. The highest BCUT2D eigenvalue weighted by molar-refractivity contribution is 6.30. The minimum absolute atomic E-state index is 0. The van der Waals surface area contributed by atoms with Crippen LogP contribution in [0.4, 0.5) is 4.39 Å². The van der Waals surface area contributed by atoms with Gasteiger partial charge in [-0.05, 0) is 60.8 Å². The van der Waals surface area contributed by atoms with Crippen molar-refractivity contribution in [2.45, 2.75) is 18.4 Å². The molecule has 2 aromatic carbocycles. The Hall–Kier alpha value is -1.09. The second-order valence-corrected chi connectivity index (χ2v) is 5.51. The van der Waals surface area contributed by atoms with Crippen molar-refractivity contribution >= 4 is 24.0 Å². The fourth-order valence-electron chi connectivity index (χ4n) is 2.52. The molecule has 0 atom stereocenters. The SMILES string of the molecule is CNC1(c2cccc(-c3cc(F)cc(Cl)c3)c2)CC1.Cl. The summed E-state index contributed by atoms with van der Waals surface area (Å²) >= 11 is 5.92. The fraction of sp³-hybridized carbons (Fsp3) is 0.250. The van der Waals surface area contributed by atoms with E-state index in [9.17, 15) is 4.39 Å². The number of benzene rings is 2. The molecule has 0 amide bonds. The maximum Gasteiger partial charge on any atom is 0.125 e. The van der Waals surface area contributed by atoms with Gasteiger partial charge in [0.25, 0.3) is 0 Å². The summed E-state index contributed by atoms with van der Waals surface area (Å²) in [6.07, 6.45) is 2.30. The minimum Gasteiger partial charge on any atom is -0.310 e. The van der Waals surface area contributed by atoms with Crippen LogP contribution >= 0.6 is 24.0 Å². The maximum atomic E-state index is 13.4. The van der Waals surface area contributed by atoms with Crippen LogP contribution in [0.1, 0.15) is 18.4 Å². The molecular formula is C16H16Cl2FN. The molecule has 1 N–H and O–H groups in total. The van der Waals surface area contributed by atoms with Crippen LogP contribution in [0.2, 0.25) is 5.02 Å². The first-order chi connectivity index (χ1) is 9.13. The van der Waals surface area contributed by atoms with E-state index < -0.39 is 0 Å². The van der Waals surface area contributed by atoms with Crippen LogP contribution in [-0.2, 0) is 5.54 Å². The predicted octanol–water partition coefficient (Wildman–Crippen LogP) is 4.78. The van der Waals surface area contributed by atoms with Gasteiger partial charge in [0.1, 0.15) is 5.82 Å². The van der Waals surface area contributed by atoms with E-state index in [2.05, 4.69) is 17.4 Å². The predicted molar refractivity (Wildman–Crippen MR) is 84.1 cm³/mol. The van der Waals surface area contributed by atoms with Gasteiger partial charge < -0.3 is 5.32 Å². The lowest BCUT2D eigenvalue weighted by Gasteiger charge is -2.15. The quantitative estimate of drug-likeness (QED) is 0.860. The highest BCUT2D eigenvalue weighted by Crippen LogP contribution is 2.45. The molecule has 2 aromatic rings. The zero-order valence-corrected chi connectivity index (χ0v) is 12.7. The fourth-order valence-corrected chi connectivity index (χ4v) is 2.75. The highest BCUT2D eigenvalue weighted by Gasteiger charge is 2.42. The van der Waals surface area contributed by atoms with E-state index in [1.54, 1.807) is 6.07 Å². The Morgan fingerprint density at radius 2 is 1.85 bits per heavy atom. The molecule has 0 spiro atoms. The van der Waals surface area contributed by atoms with Crippen molar-refractivity contribution in [1.29, 1.82) is 0 Å². The Kier molecular flexibility index (Phi) is 4.38. The van der Waals surface area contributed by atoms with Crippen LogP contribution in [0.3, 0.4) is 0 Å². The van der Waals surface area contributed by atoms with Crippen LogP contribution < -0.4 is 5.32 Å². The van der Waals surface area contributed by atoms with Gasteiger partial charge in [-0.1, -0.05) is 29.8 Å². The molecule has 0 aliphatic heterocycles. The van der Waals surface area contributed by atoms with Gasteiger partial charge in [-0.25, -0.2) is 4.39 Å². The molecule has 0 aromatic heterocycles. The Bertz CT molecular complexity index is 603. The summed E-state index contributed by atoms with van der Waals surface area (Å²) < 4.78 is 13.4. The summed E-state index contributed by atoms with van der Waals surface area (Å²) in [5.41, 5.74) is 3.19. The molecule has 106 valence electrons. The Balaban J connectivity index is 0.00000147. The van der Waals surface area contributed by atoms with E-state index in [4.69, 9.17) is 11.6 Å². The van der Waals surface area contributed by atoms with Crippen LogP contribution in [0.25, 0.3) is 11.1 Å². The highest BCUT2D eigenvalue weighted by atomic mass is 35.5. The number of hydrogen-bond acceptors (Lipinski definition) is 1. The second kappa shape index (κ2) is 5.72. The summed E-state index contributed by atoms with van der Waals surface area (Å²) in [5.74, 6) is -0.303. The molecular weight excluding hydrogens is 296 g/mol. The zero-order valence-electron chi connectivity index (χ0n) is 11.1. The van der Waals surface area contributed by atoms with Crippen LogP contribution in [0.5, 0.6) is 0 Å². The van der Waals surface area contributed by atoms with Crippen LogP contribution in [0, 0.1) is 5.82 Å². The molecule has 0 bridgehead atoms. The molecule has 1 nitrogen and oxygen atoms in total. The summed E-state index contributed by atoms with van der Waals surface area (Å²) in [6, 6.07) is 12.9. The molecule has 1 saturated carbocycles. The first kappa shape index (κ1) is 15.3. The van der Waals surface area contributed by atoms with Crippen molar-refractivity contribution in [3.05, 3.63) is 58.9 Å². The molecule has 0 radical (unpaired) electrons. The van der Waals surface area contributed by atoms with Crippen molar-refractivity contribution in [1.82, 2.24) is 5.32 Å². The first-order valence-corrected chi connectivity index (χ1v) is 6.77. The number of rotatable bonds is 3. The molecule has 1 aliphatic rings. The molecule has 4 heteroatoms. The third kappa shape index (κ3) is 2.83. The normalized spacial score (nSPS) is 15.6. The summed E-state index contributed by atoms with van der Waals surface area (Å²) in [5, 5.41) is 3.80. The standard InChI is InChI=1S/C16H15ClFN.ClH/c1-19-16(5-6-16)13-4-2-3-11(7-13)12-8-14(17)10-15(18)9-12;/h2-4,7-10,19H,5-6H2,1H3;1H. The first-order valence-electron chi connectivity index (χ1n) is 6.39. The van der Waals surface area contributed by atoms with Gasteiger partial charge in [0, 0.05) is 10.6 Å². The third-order valence-corrected chi connectivity index (χ3v) is 4.06. The molecule has 1 aliphatic carbocycles. The van der Waals surface area contributed by atoms with Gasteiger partial charge in [0.15, 0.2) is 0 Å². The van der Waals surface area contributed by atoms with Gasteiger partial charge in [-0.2, -0.15) is 0 Å². The van der Waals surface area contributed by atoms with Crippen molar-refractivity contribution in [2.75, 3.05) is 7.05 Å². The summed E-state index contributed by atoms with van der Waals surface area (Å²) in [6.45, 7) is 0. The zero-order chi connectivity index (χ0) is 13.5. The minimum atomic E-state index is -0.303. The van der Waals surface area contributed by atoms with Gasteiger partial charge in [0.05, 0.1) is 0 Å². The molecule has 0 unspecified atom stereocenters. The van der Waals surface area contributed by atoms with E-state index in [-0.39, 0.29) is 23.8 Å². The van der Waals surface area contributed by atoms with E-state index in [1.807, 2.05) is 19.2 Å². The number of nitrogens with one attached hydrogen (secondary N) is 1. The lowest BCUT2D eigenvalue weighted by molar-refractivity contribution is 0.586. The molecule has 0 heterocycles. The van der Waals surface area contributed by atoms with Gasteiger partial charge in [0.2, 0.25) is 0 Å². The van der Waals surface area contributed by atoms with E-state index in [1.165, 1.54) is 17.7 Å². The van der Waals surface area contributed by atoms with E-state index >= 15 is 0 Å². The lowest BCUT2D eigenvalue weighted by Crippen LogP contribution is -2.24. The molecule has 0 saturated heterocycles. The van der Waals surface area contributed by atoms with Gasteiger partial charge in [-0.3, -0.25) is 0 Å². The van der Waals surface area contributed by atoms with E-state index in [0.717, 1.165) is 24.0 Å². The smallest absolute Gasteiger partial charge is 0.125 e. The van der Waals surface area contributed by atoms with Crippen LogP contribution in [-0.4, -0.2) is 7.05 Å². The maximum absolute atomic E-state index is 13.4. The second-order valence-electron chi connectivity index (χ2n) is 5.07. The third-order valence-electron chi connectivity index (χ3n) is 3.84. The number of halogens is 3. The van der Waals surface area contributed by atoms with Gasteiger partial charge in [-0.15, -0.1) is 12.4 Å². The monoisotopic (exact) mass is 311 g/mol. The van der Waals surface area contributed by atoms with E-state index in [0.29, 0.717) is 5.02 Å². The molecule has 1 fully saturated rings. The summed E-state index contributed by atoms with van der Waals surface area (Å²) in [7, 11) is 1.98. The van der Waals surface area contributed by atoms with Crippen molar-refractivity contribution in [2.24, 2.45) is 0 Å². The Morgan fingerprint density at radius 3 is 2.45 bits per heavy atom. The summed E-state index contributed by atoms with van der Waals surface area (Å²) in [4.78, 5) is 0. The average molecular weight is 312 g/mol. The van der Waals surface area contributed by atoms with Gasteiger partial charge >= 0.3 is 0 Å². The van der Waals surface area contributed by atoms with Crippen molar-refractivity contribution in [3.63, 3.8) is 0 Å². The topological polar surface area (TPSA) is 12.0 Å².